The second-order valence-electron chi connectivity index (χ2n) is 5.07. The van der Waals surface area contributed by atoms with Gasteiger partial charge in [0, 0.05) is 18.1 Å². The normalized spacial score (nSPS) is 14.4. The third-order valence-corrected chi connectivity index (χ3v) is 3.81. The number of nitrogens with zero attached hydrogens (tertiary/aromatic N) is 1. The molecular weight excluding hydrogens is 306 g/mol. The Balaban J connectivity index is 2.05. The molecule has 1 saturated carbocycles. The van der Waals surface area contributed by atoms with Crippen LogP contribution in [0.25, 0.3) is 0 Å². The number of ether oxygens (including phenoxy) is 1. The van der Waals surface area contributed by atoms with Crippen LogP contribution in [0.5, 0.6) is 5.75 Å². The fraction of sp³-hybridized carbons (Fsp3) is 0.429. The van der Waals surface area contributed by atoms with E-state index in [0.717, 1.165) is 25.7 Å². The third-order valence-electron chi connectivity index (χ3n) is 3.60. The number of benzene rings is 1. The molecule has 7 nitrogen and oxygen atoms in total. The summed E-state index contributed by atoms with van der Waals surface area (Å²) in [5, 5.41) is 16.3. The van der Waals surface area contributed by atoms with Crippen molar-refractivity contribution in [2.45, 2.75) is 25.7 Å². The zero-order chi connectivity index (χ0) is 16.1. The number of nitro benzene ring substituents is 1. The molecule has 0 radical (unpaired) electrons. The lowest BCUT2D eigenvalue weighted by Crippen LogP contribution is -2.37. The summed E-state index contributed by atoms with van der Waals surface area (Å²) in [5.41, 5.74) is 0.252. The molecule has 1 aliphatic rings. The summed E-state index contributed by atoms with van der Waals surface area (Å²) in [4.78, 5) is 22.3. The average molecular weight is 323 g/mol. The highest BCUT2D eigenvalue weighted by atomic mass is 32.1. The summed E-state index contributed by atoms with van der Waals surface area (Å²) in [6.07, 6.45) is 3.84. The minimum absolute atomic E-state index is 0.00763. The molecule has 8 heteroatoms. The molecule has 1 fully saturated rings. The zero-order valence-corrected chi connectivity index (χ0v) is 12.9. The van der Waals surface area contributed by atoms with Gasteiger partial charge in [0.2, 0.25) is 5.91 Å². The molecule has 1 amide bonds. The van der Waals surface area contributed by atoms with Gasteiger partial charge in [-0.15, -0.1) is 0 Å². The smallest absolute Gasteiger partial charge is 0.271 e. The standard InChI is InChI=1S/C14H17N3O4S/c1-21-12-7-6-10(17(19)20)8-11(12)15-14(22)16-13(18)9-4-2-3-5-9/h6-9H,2-5H2,1H3,(H2,15,16,18,22). The number of nitro groups is 1. The molecule has 0 saturated heterocycles. The van der Waals surface area contributed by atoms with E-state index in [1.54, 1.807) is 0 Å². The van der Waals surface area contributed by atoms with Gasteiger partial charge >= 0.3 is 0 Å². The van der Waals surface area contributed by atoms with Gasteiger partial charge < -0.3 is 15.4 Å². The number of carbonyl (C=O) groups excluding carboxylic acids is 1. The lowest BCUT2D eigenvalue weighted by Gasteiger charge is -2.14. The Morgan fingerprint density at radius 1 is 1.41 bits per heavy atom. The molecule has 2 N–H and O–H groups in total. The van der Waals surface area contributed by atoms with Crippen molar-refractivity contribution in [3.63, 3.8) is 0 Å². The molecule has 0 bridgehead atoms. The lowest BCUT2D eigenvalue weighted by molar-refractivity contribution is -0.384. The Labute approximate surface area is 133 Å². The Hall–Kier alpha value is -2.22. The number of nitrogens with one attached hydrogen (secondary N) is 2. The molecule has 1 aliphatic carbocycles. The number of hydrogen-bond donors (Lipinski definition) is 2. The first-order chi connectivity index (χ1) is 10.5. The van der Waals surface area contributed by atoms with Crippen LogP contribution in [0.4, 0.5) is 11.4 Å². The van der Waals surface area contributed by atoms with Crippen LogP contribution >= 0.6 is 12.2 Å². The van der Waals surface area contributed by atoms with Crippen LogP contribution in [-0.4, -0.2) is 23.1 Å². The molecule has 0 heterocycles. The van der Waals surface area contributed by atoms with Crippen LogP contribution in [0.2, 0.25) is 0 Å². The number of methoxy groups -OCH3 is 1. The SMILES string of the molecule is COc1ccc([N+](=O)[O-])cc1NC(=S)NC(=O)C1CCCC1. The van der Waals surface area contributed by atoms with E-state index in [1.165, 1.54) is 25.3 Å². The fourth-order valence-corrected chi connectivity index (χ4v) is 2.67. The lowest BCUT2D eigenvalue weighted by atomic mass is 10.1. The van der Waals surface area contributed by atoms with E-state index >= 15 is 0 Å². The maximum Gasteiger partial charge on any atom is 0.271 e. The van der Waals surface area contributed by atoms with E-state index in [9.17, 15) is 14.9 Å². The second kappa shape index (κ2) is 7.17. The van der Waals surface area contributed by atoms with E-state index in [-0.39, 0.29) is 22.6 Å². The van der Waals surface area contributed by atoms with Gasteiger partial charge in [-0.2, -0.15) is 0 Å². The van der Waals surface area contributed by atoms with Gasteiger partial charge in [0.25, 0.3) is 5.69 Å². The van der Waals surface area contributed by atoms with Gasteiger partial charge in [0.1, 0.15) is 5.75 Å². The molecular formula is C14H17N3O4S. The molecule has 0 spiro atoms. The van der Waals surface area contributed by atoms with E-state index < -0.39 is 4.92 Å². The summed E-state index contributed by atoms with van der Waals surface area (Å²) in [7, 11) is 1.45. The topological polar surface area (TPSA) is 93.5 Å². The van der Waals surface area contributed by atoms with E-state index in [0.29, 0.717) is 11.4 Å². The summed E-state index contributed by atoms with van der Waals surface area (Å²) < 4.78 is 5.13. The average Bonchev–Trinajstić information content (AvgIpc) is 3.01. The maximum atomic E-state index is 12.0. The van der Waals surface area contributed by atoms with Crippen molar-refractivity contribution in [1.29, 1.82) is 0 Å². The van der Waals surface area contributed by atoms with Gasteiger partial charge in [0.05, 0.1) is 17.7 Å². The molecule has 1 aromatic rings. The van der Waals surface area contributed by atoms with Gasteiger partial charge in [-0.1, -0.05) is 12.8 Å². The van der Waals surface area contributed by atoms with Crippen molar-refractivity contribution in [1.82, 2.24) is 5.32 Å². The van der Waals surface area contributed by atoms with Crippen molar-refractivity contribution in [3.05, 3.63) is 28.3 Å². The van der Waals surface area contributed by atoms with Gasteiger partial charge in [0.15, 0.2) is 5.11 Å². The zero-order valence-electron chi connectivity index (χ0n) is 12.1. The highest BCUT2D eigenvalue weighted by molar-refractivity contribution is 7.80. The Kier molecular flexibility index (Phi) is 5.26. The first-order valence-electron chi connectivity index (χ1n) is 6.95. The number of non-ortho nitro benzene ring substituents is 1. The first kappa shape index (κ1) is 16.2. The minimum Gasteiger partial charge on any atom is -0.495 e. The highest BCUT2D eigenvalue weighted by Crippen LogP contribution is 2.29. The molecule has 118 valence electrons. The van der Waals surface area contributed by atoms with Gasteiger partial charge in [-0.3, -0.25) is 14.9 Å². The summed E-state index contributed by atoms with van der Waals surface area (Å²) >= 11 is 5.10. The van der Waals surface area contributed by atoms with Crippen molar-refractivity contribution < 1.29 is 14.5 Å². The number of thiocarbonyl (C=S) groups is 1. The number of rotatable bonds is 4. The fourth-order valence-electron chi connectivity index (χ4n) is 2.46. The summed E-state index contributed by atoms with van der Waals surface area (Å²) in [6.45, 7) is 0. The monoisotopic (exact) mass is 323 g/mol. The van der Waals surface area contributed by atoms with Crippen LogP contribution in [0.3, 0.4) is 0 Å². The van der Waals surface area contributed by atoms with Crippen LogP contribution in [0.1, 0.15) is 25.7 Å². The van der Waals surface area contributed by atoms with Crippen molar-refractivity contribution in [2.75, 3.05) is 12.4 Å². The van der Waals surface area contributed by atoms with E-state index in [2.05, 4.69) is 10.6 Å². The Morgan fingerprint density at radius 2 is 2.09 bits per heavy atom. The van der Waals surface area contributed by atoms with Gasteiger partial charge in [-0.25, -0.2) is 0 Å². The summed E-state index contributed by atoms with van der Waals surface area (Å²) in [5.74, 6) is 0.286. The first-order valence-corrected chi connectivity index (χ1v) is 7.36. The maximum absolute atomic E-state index is 12.0. The number of amides is 1. The van der Waals surface area contributed by atoms with Crippen LogP contribution in [0, 0.1) is 16.0 Å². The van der Waals surface area contributed by atoms with E-state index in [1.807, 2.05) is 0 Å². The second-order valence-corrected chi connectivity index (χ2v) is 5.47. The molecule has 0 aliphatic heterocycles. The van der Waals surface area contributed by atoms with E-state index in [4.69, 9.17) is 17.0 Å². The number of carbonyl (C=O) groups is 1. The molecule has 2 rings (SSSR count). The predicted molar refractivity (Wildman–Crippen MR) is 86.0 cm³/mol. The largest absolute Gasteiger partial charge is 0.495 e. The van der Waals surface area contributed by atoms with Crippen LogP contribution < -0.4 is 15.4 Å². The summed E-state index contributed by atoms with van der Waals surface area (Å²) in [6, 6.07) is 4.12. The van der Waals surface area contributed by atoms with Crippen molar-refractivity contribution in [3.8, 4) is 5.75 Å². The molecule has 22 heavy (non-hydrogen) atoms. The molecule has 0 aromatic heterocycles. The predicted octanol–water partition coefficient (Wildman–Crippen LogP) is 2.61. The van der Waals surface area contributed by atoms with Crippen LogP contribution in [0.15, 0.2) is 18.2 Å². The Morgan fingerprint density at radius 3 is 2.68 bits per heavy atom. The Bertz CT molecular complexity index is 600. The van der Waals surface area contributed by atoms with Gasteiger partial charge in [-0.05, 0) is 31.1 Å². The van der Waals surface area contributed by atoms with Crippen molar-refractivity contribution >= 4 is 34.6 Å². The number of hydrogen-bond acceptors (Lipinski definition) is 5. The third kappa shape index (κ3) is 3.91. The van der Waals surface area contributed by atoms with Crippen LogP contribution in [-0.2, 0) is 4.79 Å². The molecule has 1 aromatic carbocycles. The quantitative estimate of drug-likeness (QED) is 0.502. The van der Waals surface area contributed by atoms with Crippen molar-refractivity contribution in [2.24, 2.45) is 5.92 Å². The molecule has 0 unspecified atom stereocenters. The number of anilines is 1. The minimum atomic E-state index is -0.509. The highest BCUT2D eigenvalue weighted by Gasteiger charge is 2.23. The molecule has 0 atom stereocenters.